The third kappa shape index (κ3) is 5.08. The first-order valence-corrected chi connectivity index (χ1v) is 9.23. The fourth-order valence-electron chi connectivity index (χ4n) is 3.10. The predicted octanol–water partition coefficient (Wildman–Crippen LogP) is 2.25. The van der Waals surface area contributed by atoms with Gasteiger partial charge in [-0.25, -0.2) is 0 Å². The average molecular weight is 366 g/mol. The van der Waals surface area contributed by atoms with E-state index in [1.807, 2.05) is 61.5 Å². The smallest absolute Gasteiger partial charge is 0.313 e. The summed E-state index contributed by atoms with van der Waals surface area (Å²) < 4.78 is 0. The Bertz CT molecular complexity index is 769. The van der Waals surface area contributed by atoms with Crippen molar-refractivity contribution < 1.29 is 9.59 Å². The van der Waals surface area contributed by atoms with Crippen molar-refractivity contribution >= 4 is 23.2 Å². The summed E-state index contributed by atoms with van der Waals surface area (Å²) in [7, 11) is 2.12. The second-order valence-electron chi connectivity index (χ2n) is 6.90. The molecule has 1 heterocycles. The molecule has 6 nitrogen and oxygen atoms in total. The van der Waals surface area contributed by atoms with Gasteiger partial charge in [0.1, 0.15) is 0 Å². The maximum absolute atomic E-state index is 12.2. The van der Waals surface area contributed by atoms with Crippen LogP contribution in [0.25, 0.3) is 0 Å². The second kappa shape index (κ2) is 8.68. The summed E-state index contributed by atoms with van der Waals surface area (Å²) in [6.07, 6.45) is 0. The van der Waals surface area contributed by atoms with Crippen molar-refractivity contribution in [3.8, 4) is 0 Å². The Kier molecular flexibility index (Phi) is 6.08. The summed E-state index contributed by atoms with van der Waals surface area (Å²) in [5, 5.41) is 5.38. The van der Waals surface area contributed by atoms with Gasteiger partial charge in [0.25, 0.3) is 0 Å². The van der Waals surface area contributed by atoms with Gasteiger partial charge >= 0.3 is 11.8 Å². The molecule has 0 aliphatic carbocycles. The topological polar surface area (TPSA) is 64.7 Å². The molecule has 2 aromatic rings. The van der Waals surface area contributed by atoms with Crippen molar-refractivity contribution in [2.24, 2.45) is 0 Å². The minimum Gasteiger partial charge on any atom is -0.369 e. The Morgan fingerprint density at radius 2 is 1.52 bits per heavy atom. The van der Waals surface area contributed by atoms with Crippen LogP contribution in [0.3, 0.4) is 0 Å². The Morgan fingerprint density at radius 1 is 0.889 bits per heavy atom. The quantitative estimate of drug-likeness (QED) is 0.815. The summed E-state index contributed by atoms with van der Waals surface area (Å²) >= 11 is 0. The zero-order valence-corrected chi connectivity index (χ0v) is 15.8. The van der Waals surface area contributed by atoms with Crippen LogP contribution in [0.2, 0.25) is 0 Å². The molecule has 2 aromatic carbocycles. The third-order valence-electron chi connectivity index (χ3n) is 4.85. The van der Waals surface area contributed by atoms with Crippen LogP contribution in [0.15, 0.2) is 54.6 Å². The molecule has 1 aliphatic rings. The lowest BCUT2D eigenvalue weighted by Crippen LogP contribution is -2.44. The van der Waals surface area contributed by atoms with Crippen LogP contribution in [0.4, 0.5) is 11.4 Å². The van der Waals surface area contributed by atoms with Crippen LogP contribution in [0, 0.1) is 0 Å². The van der Waals surface area contributed by atoms with E-state index in [0.717, 1.165) is 37.4 Å². The lowest BCUT2D eigenvalue weighted by molar-refractivity contribution is -0.136. The molecule has 3 rings (SSSR count). The molecule has 1 aliphatic heterocycles. The fraction of sp³-hybridized carbons (Fsp3) is 0.333. The highest BCUT2D eigenvalue weighted by atomic mass is 16.2. The molecule has 1 unspecified atom stereocenters. The SMILES string of the molecule is CC(NC(=O)C(=O)Nc1ccc(N2CCN(C)CC2)cc1)c1ccccc1. The van der Waals surface area contributed by atoms with Crippen molar-refractivity contribution in [3.63, 3.8) is 0 Å². The number of benzene rings is 2. The molecule has 0 saturated carbocycles. The number of nitrogens with one attached hydrogen (secondary N) is 2. The minimum atomic E-state index is -0.662. The molecule has 0 radical (unpaired) electrons. The van der Waals surface area contributed by atoms with Gasteiger partial charge in [-0.1, -0.05) is 30.3 Å². The van der Waals surface area contributed by atoms with Crippen molar-refractivity contribution in [2.75, 3.05) is 43.4 Å². The maximum Gasteiger partial charge on any atom is 0.313 e. The lowest BCUT2D eigenvalue weighted by Gasteiger charge is -2.34. The summed E-state index contributed by atoms with van der Waals surface area (Å²) in [6, 6.07) is 16.9. The number of anilines is 2. The van der Waals surface area contributed by atoms with Crippen molar-refractivity contribution in [2.45, 2.75) is 13.0 Å². The van der Waals surface area contributed by atoms with Crippen molar-refractivity contribution in [1.82, 2.24) is 10.2 Å². The standard InChI is InChI=1S/C21H26N4O2/c1-16(17-6-4-3-5-7-17)22-20(26)21(27)23-18-8-10-19(11-9-18)25-14-12-24(2)13-15-25/h3-11,16H,12-15H2,1-2H3,(H,22,26)(H,23,27). The molecule has 2 amide bonds. The van der Waals surface area contributed by atoms with Crippen molar-refractivity contribution in [1.29, 1.82) is 0 Å². The fourth-order valence-corrected chi connectivity index (χ4v) is 3.10. The number of hydrogen-bond acceptors (Lipinski definition) is 4. The number of hydrogen-bond donors (Lipinski definition) is 2. The highest BCUT2D eigenvalue weighted by Crippen LogP contribution is 2.19. The average Bonchev–Trinajstić information content (AvgIpc) is 2.70. The Labute approximate surface area is 160 Å². The first-order chi connectivity index (χ1) is 13.0. The second-order valence-corrected chi connectivity index (χ2v) is 6.90. The van der Waals surface area contributed by atoms with Gasteiger partial charge in [0.05, 0.1) is 6.04 Å². The maximum atomic E-state index is 12.2. The number of piperazine rings is 1. The van der Waals surface area contributed by atoms with Gasteiger partial charge in [-0.3, -0.25) is 9.59 Å². The van der Waals surface area contributed by atoms with Crippen LogP contribution in [-0.4, -0.2) is 49.9 Å². The summed E-state index contributed by atoms with van der Waals surface area (Å²) in [4.78, 5) is 28.9. The normalized spacial score (nSPS) is 15.9. The molecule has 6 heteroatoms. The highest BCUT2D eigenvalue weighted by molar-refractivity contribution is 6.39. The Hall–Kier alpha value is -2.86. The molecule has 2 N–H and O–H groups in total. The monoisotopic (exact) mass is 366 g/mol. The molecule has 0 aromatic heterocycles. The molecule has 1 fully saturated rings. The van der Waals surface area contributed by atoms with Crippen LogP contribution in [0.1, 0.15) is 18.5 Å². The number of carbonyl (C=O) groups is 2. The van der Waals surface area contributed by atoms with E-state index in [0.29, 0.717) is 5.69 Å². The molecule has 142 valence electrons. The molecule has 1 saturated heterocycles. The van der Waals surface area contributed by atoms with Crippen LogP contribution >= 0.6 is 0 Å². The van der Waals surface area contributed by atoms with E-state index in [9.17, 15) is 9.59 Å². The highest BCUT2D eigenvalue weighted by Gasteiger charge is 2.18. The Balaban J connectivity index is 1.53. The first kappa shape index (κ1) is 18.9. The van der Waals surface area contributed by atoms with E-state index in [1.165, 1.54) is 0 Å². The molecular formula is C21H26N4O2. The number of likely N-dealkylation sites (N-methyl/N-ethyl adjacent to an activating group) is 1. The summed E-state index contributed by atoms with van der Waals surface area (Å²) in [5.41, 5.74) is 2.69. The van der Waals surface area contributed by atoms with Crippen molar-refractivity contribution in [3.05, 3.63) is 60.2 Å². The summed E-state index contributed by atoms with van der Waals surface area (Å²) in [5.74, 6) is -1.31. The van der Waals surface area contributed by atoms with E-state index in [-0.39, 0.29) is 6.04 Å². The zero-order valence-electron chi connectivity index (χ0n) is 15.8. The third-order valence-corrected chi connectivity index (χ3v) is 4.85. The van der Waals surface area contributed by atoms with E-state index < -0.39 is 11.8 Å². The van der Waals surface area contributed by atoms with E-state index in [4.69, 9.17) is 0 Å². The Morgan fingerprint density at radius 3 is 2.15 bits per heavy atom. The van der Waals surface area contributed by atoms with Crippen LogP contribution in [0.5, 0.6) is 0 Å². The van der Waals surface area contributed by atoms with Gasteiger partial charge in [0, 0.05) is 37.6 Å². The van der Waals surface area contributed by atoms with Crippen LogP contribution in [-0.2, 0) is 9.59 Å². The van der Waals surface area contributed by atoms with Gasteiger partial charge in [0.15, 0.2) is 0 Å². The predicted molar refractivity (Wildman–Crippen MR) is 108 cm³/mol. The lowest BCUT2D eigenvalue weighted by atomic mass is 10.1. The van der Waals surface area contributed by atoms with Gasteiger partial charge in [-0.15, -0.1) is 0 Å². The zero-order chi connectivity index (χ0) is 19.2. The molecule has 1 atom stereocenters. The molecular weight excluding hydrogens is 340 g/mol. The van der Waals surface area contributed by atoms with Crippen LogP contribution < -0.4 is 15.5 Å². The van der Waals surface area contributed by atoms with E-state index in [2.05, 4.69) is 27.5 Å². The number of rotatable bonds is 4. The summed E-state index contributed by atoms with van der Waals surface area (Å²) in [6.45, 7) is 5.91. The number of amides is 2. The molecule has 0 bridgehead atoms. The molecule has 0 spiro atoms. The van der Waals surface area contributed by atoms with Gasteiger partial charge < -0.3 is 20.4 Å². The van der Waals surface area contributed by atoms with E-state index in [1.54, 1.807) is 0 Å². The van der Waals surface area contributed by atoms with Gasteiger partial charge in [0.2, 0.25) is 0 Å². The molecule has 27 heavy (non-hydrogen) atoms. The first-order valence-electron chi connectivity index (χ1n) is 9.23. The van der Waals surface area contributed by atoms with Gasteiger partial charge in [-0.2, -0.15) is 0 Å². The van der Waals surface area contributed by atoms with E-state index >= 15 is 0 Å². The minimum absolute atomic E-state index is 0.232. The number of carbonyl (C=O) groups excluding carboxylic acids is 2. The van der Waals surface area contributed by atoms with Gasteiger partial charge in [-0.05, 0) is 43.8 Å². The number of nitrogens with zero attached hydrogens (tertiary/aromatic N) is 2. The largest absolute Gasteiger partial charge is 0.369 e.